The largest absolute Gasteiger partial charge is 0.478 e. The van der Waals surface area contributed by atoms with Gasteiger partial charge < -0.3 is 16.2 Å². The number of aryl methyl sites for hydroxylation is 1. The number of nitrogen functional groups attached to an aromatic ring is 1. The maximum Gasteiger partial charge on any atom is 0.336 e. The Hall–Kier alpha value is -2.82. The normalized spacial score (nSPS) is 10.1. The average Bonchev–Trinajstić information content (AvgIpc) is 2.46. The lowest BCUT2D eigenvalue weighted by Gasteiger charge is -2.10. The van der Waals surface area contributed by atoms with E-state index in [4.69, 9.17) is 10.8 Å². The van der Waals surface area contributed by atoms with Gasteiger partial charge in [-0.15, -0.1) is 0 Å². The first-order valence-electron chi connectivity index (χ1n) is 6.44. The SMILES string of the molecule is Cc1ccccc1CNC(=O)c1ccc(N)cc1C(=O)O. The van der Waals surface area contributed by atoms with Crippen LogP contribution in [0.4, 0.5) is 5.69 Å². The van der Waals surface area contributed by atoms with Crippen LogP contribution in [-0.4, -0.2) is 17.0 Å². The first-order valence-corrected chi connectivity index (χ1v) is 6.44. The number of hydrogen-bond donors (Lipinski definition) is 3. The molecule has 0 unspecified atom stereocenters. The van der Waals surface area contributed by atoms with Gasteiger partial charge in [-0.05, 0) is 36.2 Å². The Labute approximate surface area is 122 Å². The standard InChI is InChI=1S/C16H16N2O3/c1-10-4-2-3-5-11(10)9-18-15(19)13-7-6-12(17)8-14(13)16(20)21/h2-8H,9,17H2,1H3,(H,18,19)(H,20,21). The Balaban J connectivity index is 2.18. The van der Waals surface area contributed by atoms with Gasteiger partial charge in [-0.2, -0.15) is 0 Å². The van der Waals surface area contributed by atoms with E-state index in [0.717, 1.165) is 11.1 Å². The summed E-state index contributed by atoms with van der Waals surface area (Å²) in [4.78, 5) is 23.3. The molecular weight excluding hydrogens is 268 g/mol. The third kappa shape index (κ3) is 3.39. The van der Waals surface area contributed by atoms with Gasteiger partial charge in [-0.25, -0.2) is 4.79 Å². The molecule has 0 saturated heterocycles. The number of hydrogen-bond acceptors (Lipinski definition) is 3. The smallest absolute Gasteiger partial charge is 0.336 e. The molecule has 1 amide bonds. The van der Waals surface area contributed by atoms with Crippen molar-refractivity contribution in [2.24, 2.45) is 0 Å². The van der Waals surface area contributed by atoms with Gasteiger partial charge in [-0.1, -0.05) is 24.3 Å². The van der Waals surface area contributed by atoms with Crippen LogP contribution in [0.3, 0.4) is 0 Å². The van der Waals surface area contributed by atoms with Gasteiger partial charge in [0.1, 0.15) is 0 Å². The molecule has 0 aromatic heterocycles. The molecule has 0 atom stereocenters. The summed E-state index contributed by atoms with van der Waals surface area (Å²) in [6, 6.07) is 11.9. The minimum Gasteiger partial charge on any atom is -0.478 e. The molecule has 0 saturated carbocycles. The van der Waals surface area contributed by atoms with E-state index in [1.807, 2.05) is 31.2 Å². The van der Waals surface area contributed by atoms with Crippen LogP contribution in [0.2, 0.25) is 0 Å². The van der Waals surface area contributed by atoms with Crippen LogP contribution in [0.25, 0.3) is 0 Å². The number of carbonyl (C=O) groups excluding carboxylic acids is 1. The summed E-state index contributed by atoms with van der Waals surface area (Å²) in [5, 5.41) is 11.9. The lowest BCUT2D eigenvalue weighted by molar-refractivity contribution is 0.0691. The van der Waals surface area contributed by atoms with Crippen molar-refractivity contribution in [3.63, 3.8) is 0 Å². The molecule has 5 heteroatoms. The van der Waals surface area contributed by atoms with Crippen LogP contribution in [0, 0.1) is 6.92 Å². The molecule has 0 heterocycles. The first kappa shape index (κ1) is 14.6. The molecule has 21 heavy (non-hydrogen) atoms. The summed E-state index contributed by atoms with van der Waals surface area (Å²) in [7, 11) is 0. The van der Waals surface area contributed by atoms with Crippen molar-refractivity contribution >= 4 is 17.6 Å². The highest BCUT2D eigenvalue weighted by atomic mass is 16.4. The van der Waals surface area contributed by atoms with Crippen LogP contribution in [0.15, 0.2) is 42.5 Å². The fourth-order valence-electron chi connectivity index (χ4n) is 2.02. The highest BCUT2D eigenvalue weighted by Gasteiger charge is 2.16. The van der Waals surface area contributed by atoms with E-state index in [1.165, 1.54) is 18.2 Å². The Kier molecular flexibility index (Phi) is 4.23. The summed E-state index contributed by atoms with van der Waals surface area (Å²) in [6.45, 7) is 2.29. The maximum atomic E-state index is 12.2. The van der Waals surface area contributed by atoms with Gasteiger partial charge in [0.05, 0.1) is 11.1 Å². The molecule has 2 aromatic carbocycles. The fraction of sp³-hybridized carbons (Fsp3) is 0.125. The van der Waals surface area contributed by atoms with Crippen molar-refractivity contribution in [2.45, 2.75) is 13.5 Å². The van der Waals surface area contributed by atoms with E-state index in [9.17, 15) is 9.59 Å². The number of nitrogens with one attached hydrogen (secondary N) is 1. The Morgan fingerprint density at radius 3 is 2.52 bits per heavy atom. The summed E-state index contributed by atoms with van der Waals surface area (Å²) < 4.78 is 0. The molecule has 0 fully saturated rings. The maximum absolute atomic E-state index is 12.2. The van der Waals surface area contributed by atoms with Crippen LogP contribution in [0.1, 0.15) is 31.8 Å². The fourth-order valence-corrected chi connectivity index (χ4v) is 2.02. The molecule has 5 nitrogen and oxygen atoms in total. The van der Waals surface area contributed by atoms with Crippen molar-refractivity contribution in [1.29, 1.82) is 0 Å². The van der Waals surface area contributed by atoms with Crippen LogP contribution >= 0.6 is 0 Å². The Morgan fingerprint density at radius 2 is 1.86 bits per heavy atom. The monoisotopic (exact) mass is 284 g/mol. The molecule has 108 valence electrons. The predicted octanol–water partition coefficient (Wildman–Crippen LogP) is 2.21. The third-order valence-corrected chi connectivity index (χ3v) is 3.22. The zero-order valence-electron chi connectivity index (χ0n) is 11.6. The van der Waals surface area contributed by atoms with Crippen molar-refractivity contribution < 1.29 is 14.7 Å². The highest BCUT2D eigenvalue weighted by molar-refractivity contribution is 6.05. The van der Waals surface area contributed by atoms with Gasteiger partial charge in [0, 0.05) is 12.2 Å². The number of carboxylic acids is 1. The van der Waals surface area contributed by atoms with E-state index in [-0.39, 0.29) is 11.1 Å². The second-order valence-electron chi connectivity index (χ2n) is 4.72. The van der Waals surface area contributed by atoms with E-state index in [2.05, 4.69) is 5.32 Å². The Bertz CT molecular complexity index is 696. The number of carbonyl (C=O) groups is 2. The minimum atomic E-state index is -1.18. The zero-order chi connectivity index (χ0) is 15.4. The lowest BCUT2D eigenvalue weighted by atomic mass is 10.1. The summed E-state index contributed by atoms with van der Waals surface area (Å²) in [5.41, 5.74) is 7.91. The lowest BCUT2D eigenvalue weighted by Crippen LogP contribution is -2.25. The van der Waals surface area contributed by atoms with Gasteiger partial charge in [0.2, 0.25) is 0 Å². The van der Waals surface area contributed by atoms with Crippen LogP contribution < -0.4 is 11.1 Å². The summed E-state index contributed by atoms with van der Waals surface area (Å²) >= 11 is 0. The topological polar surface area (TPSA) is 92.4 Å². The predicted molar refractivity (Wildman–Crippen MR) is 80.2 cm³/mol. The molecule has 4 N–H and O–H groups in total. The minimum absolute atomic E-state index is 0.0997. The van der Waals surface area contributed by atoms with Gasteiger partial charge in [0.25, 0.3) is 5.91 Å². The van der Waals surface area contributed by atoms with E-state index < -0.39 is 11.9 Å². The first-order chi connectivity index (χ1) is 9.99. The number of carboxylic acid groups (broad SMARTS) is 1. The number of anilines is 1. The number of aromatic carboxylic acids is 1. The Morgan fingerprint density at radius 1 is 1.14 bits per heavy atom. The molecule has 0 radical (unpaired) electrons. The number of nitrogens with two attached hydrogens (primary N) is 1. The van der Waals surface area contributed by atoms with E-state index in [0.29, 0.717) is 12.2 Å². The summed E-state index contributed by atoms with van der Waals surface area (Å²) in [5.74, 6) is -1.61. The van der Waals surface area contributed by atoms with Gasteiger partial charge >= 0.3 is 5.97 Å². The second-order valence-corrected chi connectivity index (χ2v) is 4.72. The van der Waals surface area contributed by atoms with Crippen molar-refractivity contribution in [1.82, 2.24) is 5.32 Å². The zero-order valence-corrected chi connectivity index (χ0v) is 11.6. The quantitative estimate of drug-likeness (QED) is 0.750. The molecular formula is C16H16N2O3. The van der Waals surface area contributed by atoms with Gasteiger partial charge in [-0.3, -0.25) is 4.79 Å². The van der Waals surface area contributed by atoms with Gasteiger partial charge in [0.15, 0.2) is 0 Å². The number of benzene rings is 2. The molecule has 2 rings (SSSR count). The van der Waals surface area contributed by atoms with E-state index in [1.54, 1.807) is 0 Å². The summed E-state index contributed by atoms with van der Waals surface area (Å²) in [6.07, 6.45) is 0. The third-order valence-electron chi connectivity index (χ3n) is 3.22. The van der Waals surface area contributed by atoms with Crippen LogP contribution in [-0.2, 0) is 6.54 Å². The van der Waals surface area contributed by atoms with Crippen molar-refractivity contribution in [3.8, 4) is 0 Å². The molecule has 0 aliphatic carbocycles. The van der Waals surface area contributed by atoms with Crippen LogP contribution in [0.5, 0.6) is 0 Å². The molecule has 2 aromatic rings. The average molecular weight is 284 g/mol. The molecule has 0 spiro atoms. The molecule has 0 bridgehead atoms. The second kappa shape index (κ2) is 6.09. The molecule has 0 aliphatic rings. The van der Waals surface area contributed by atoms with Crippen molar-refractivity contribution in [2.75, 3.05) is 5.73 Å². The number of rotatable bonds is 4. The number of amides is 1. The molecule has 0 aliphatic heterocycles. The van der Waals surface area contributed by atoms with E-state index >= 15 is 0 Å². The highest BCUT2D eigenvalue weighted by Crippen LogP contribution is 2.14. The van der Waals surface area contributed by atoms with Crippen molar-refractivity contribution in [3.05, 3.63) is 64.7 Å².